The molecule has 0 bridgehead atoms. The van der Waals surface area contributed by atoms with Crippen molar-refractivity contribution in [3.8, 4) is 0 Å². The maximum absolute atomic E-state index is 6.06. The van der Waals surface area contributed by atoms with Crippen LogP contribution in [0.2, 0.25) is 0 Å². The molecule has 2 rings (SSSR count). The first-order valence-electron chi connectivity index (χ1n) is 6.37. The van der Waals surface area contributed by atoms with Gasteiger partial charge in [0.1, 0.15) is 0 Å². The van der Waals surface area contributed by atoms with Crippen molar-refractivity contribution in [2.24, 2.45) is 0 Å². The highest BCUT2D eigenvalue weighted by atomic mass is 32.1. The van der Waals surface area contributed by atoms with Crippen molar-refractivity contribution in [3.05, 3.63) is 17.0 Å². The summed E-state index contributed by atoms with van der Waals surface area (Å²) in [6.45, 7) is 11.6. The molecular formula is C13H21BO3S. The molecule has 0 aromatic carbocycles. The first-order chi connectivity index (χ1) is 8.37. The number of hydrogen-bond donors (Lipinski definition) is 0. The van der Waals surface area contributed by atoms with Crippen molar-refractivity contribution < 1.29 is 14.0 Å². The molecule has 0 unspecified atom stereocenters. The molecule has 0 N–H and O–H groups in total. The fourth-order valence-electron chi connectivity index (χ4n) is 1.84. The van der Waals surface area contributed by atoms with Crippen LogP contribution in [0.15, 0.2) is 11.4 Å². The molecule has 1 aromatic rings. The topological polar surface area (TPSA) is 27.7 Å². The number of thiophene rings is 1. The van der Waals surface area contributed by atoms with E-state index in [4.69, 9.17) is 14.0 Å². The SMILES string of the molecule is CCOCc1ccsc1B1OC(C)(C)C(C)(C)O1. The molecule has 2 heterocycles. The zero-order valence-corrected chi connectivity index (χ0v) is 12.6. The highest BCUT2D eigenvalue weighted by Crippen LogP contribution is 2.37. The second-order valence-corrected chi connectivity index (χ2v) is 6.48. The molecule has 1 aliphatic heterocycles. The molecule has 100 valence electrons. The fraction of sp³-hybridized carbons (Fsp3) is 0.692. The van der Waals surface area contributed by atoms with Crippen LogP contribution in [0.3, 0.4) is 0 Å². The van der Waals surface area contributed by atoms with E-state index in [2.05, 4.69) is 39.1 Å². The molecule has 0 radical (unpaired) electrons. The molecule has 1 saturated heterocycles. The molecule has 5 heteroatoms. The summed E-state index contributed by atoms with van der Waals surface area (Å²) >= 11 is 1.67. The molecule has 1 aliphatic rings. The van der Waals surface area contributed by atoms with Crippen LogP contribution in [-0.2, 0) is 20.7 Å². The van der Waals surface area contributed by atoms with E-state index in [0.717, 1.165) is 11.4 Å². The van der Waals surface area contributed by atoms with Crippen LogP contribution >= 0.6 is 11.3 Å². The minimum absolute atomic E-state index is 0.273. The van der Waals surface area contributed by atoms with Crippen molar-refractivity contribution in [1.82, 2.24) is 0 Å². The smallest absolute Gasteiger partial charge is 0.399 e. The Morgan fingerprint density at radius 1 is 1.22 bits per heavy atom. The zero-order valence-electron chi connectivity index (χ0n) is 11.8. The second-order valence-electron chi connectivity index (χ2n) is 5.54. The standard InChI is InChI=1S/C13H21BO3S/c1-6-15-9-10-7-8-18-11(10)14-16-12(2,3)13(4,5)17-14/h7-8H,6,9H2,1-5H3. The first kappa shape index (κ1) is 14.1. The summed E-state index contributed by atoms with van der Waals surface area (Å²) in [6.07, 6.45) is 0. The Bertz CT molecular complexity index is 398. The fourth-order valence-corrected chi connectivity index (χ4v) is 2.70. The lowest BCUT2D eigenvalue weighted by Gasteiger charge is -2.32. The molecule has 3 nitrogen and oxygen atoms in total. The van der Waals surface area contributed by atoms with E-state index in [9.17, 15) is 0 Å². The van der Waals surface area contributed by atoms with E-state index in [1.807, 2.05) is 6.92 Å². The molecule has 1 aromatic heterocycles. The van der Waals surface area contributed by atoms with Crippen molar-refractivity contribution >= 4 is 23.2 Å². The van der Waals surface area contributed by atoms with Crippen molar-refractivity contribution in [1.29, 1.82) is 0 Å². The maximum atomic E-state index is 6.06. The average molecular weight is 268 g/mol. The number of rotatable bonds is 4. The van der Waals surface area contributed by atoms with Gasteiger partial charge in [0.25, 0.3) is 0 Å². The Kier molecular flexibility index (Phi) is 3.88. The van der Waals surface area contributed by atoms with Gasteiger partial charge in [-0.15, -0.1) is 0 Å². The molecule has 0 spiro atoms. The lowest BCUT2D eigenvalue weighted by molar-refractivity contribution is 0.00578. The van der Waals surface area contributed by atoms with Crippen LogP contribution in [0, 0.1) is 0 Å². The first-order valence-corrected chi connectivity index (χ1v) is 7.25. The monoisotopic (exact) mass is 268 g/mol. The van der Waals surface area contributed by atoms with Crippen LogP contribution in [0.5, 0.6) is 0 Å². The van der Waals surface area contributed by atoms with E-state index < -0.39 is 0 Å². The molecule has 0 amide bonds. The summed E-state index contributed by atoms with van der Waals surface area (Å²) < 4.78 is 18.7. The largest absolute Gasteiger partial charge is 0.505 e. The molecule has 0 aliphatic carbocycles. The van der Waals surface area contributed by atoms with Gasteiger partial charge in [-0.05, 0) is 51.6 Å². The van der Waals surface area contributed by atoms with Crippen molar-refractivity contribution in [2.45, 2.75) is 52.4 Å². The lowest BCUT2D eigenvalue weighted by Crippen LogP contribution is -2.41. The molecule has 1 fully saturated rings. The molecule has 0 saturated carbocycles. The highest BCUT2D eigenvalue weighted by Gasteiger charge is 2.52. The summed E-state index contributed by atoms with van der Waals surface area (Å²) in [7, 11) is -0.273. The van der Waals surface area contributed by atoms with E-state index in [1.165, 1.54) is 5.56 Å². The maximum Gasteiger partial charge on any atom is 0.505 e. The average Bonchev–Trinajstić information content (AvgIpc) is 2.79. The third kappa shape index (κ3) is 2.50. The highest BCUT2D eigenvalue weighted by molar-refractivity contribution is 7.21. The second kappa shape index (κ2) is 4.97. The number of hydrogen-bond acceptors (Lipinski definition) is 4. The predicted octanol–water partition coefficient (Wildman–Crippen LogP) is 2.58. The van der Waals surface area contributed by atoms with Gasteiger partial charge in [0.05, 0.1) is 17.8 Å². The Morgan fingerprint density at radius 3 is 2.39 bits per heavy atom. The quantitative estimate of drug-likeness (QED) is 0.785. The van der Waals surface area contributed by atoms with Gasteiger partial charge in [-0.25, -0.2) is 0 Å². The summed E-state index contributed by atoms with van der Waals surface area (Å²) in [4.78, 5) is 0. The van der Waals surface area contributed by atoms with Crippen LogP contribution in [0.1, 0.15) is 40.2 Å². The molecule has 0 atom stereocenters. The summed E-state index contributed by atoms with van der Waals surface area (Å²) in [6, 6.07) is 2.08. The van der Waals surface area contributed by atoms with Crippen LogP contribution in [0.4, 0.5) is 0 Å². The van der Waals surface area contributed by atoms with Gasteiger partial charge < -0.3 is 14.0 Å². The predicted molar refractivity (Wildman–Crippen MR) is 75.4 cm³/mol. The van der Waals surface area contributed by atoms with Gasteiger partial charge in [0, 0.05) is 11.4 Å². The van der Waals surface area contributed by atoms with Gasteiger partial charge in [0.15, 0.2) is 0 Å². The van der Waals surface area contributed by atoms with Crippen LogP contribution < -0.4 is 4.78 Å². The van der Waals surface area contributed by atoms with E-state index in [-0.39, 0.29) is 18.3 Å². The minimum atomic E-state index is -0.287. The van der Waals surface area contributed by atoms with Gasteiger partial charge >= 0.3 is 7.12 Å². The number of ether oxygens (including phenoxy) is 1. The van der Waals surface area contributed by atoms with E-state index in [1.54, 1.807) is 11.3 Å². The summed E-state index contributed by atoms with van der Waals surface area (Å²) in [5.74, 6) is 0. The van der Waals surface area contributed by atoms with Gasteiger partial charge in [0.2, 0.25) is 0 Å². The van der Waals surface area contributed by atoms with Crippen molar-refractivity contribution in [2.75, 3.05) is 6.61 Å². The summed E-state index contributed by atoms with van der Waals surface area (Å²) in [5.41, 5.74) is 0.593. The van der Waals surface area contributed by atoms with E-state index >= 15 is 0 Å². The third-order valence-corrected chi connectivity index (χ3v) is 4.69. The van der Waals surface area contributed by atoms with Gasteiger partial charge in [-0.3, -0.25) is 0 Å². The Hall–Kier alpha value is -0.355. The summed E-state index contributed by atoms with van der Waals surface area (Å²) in [5, 5.41) is 2.06. The van der Waals surface area contributed by atoms with Crippen LogP contribution in [0.25, 0.3) is 0 Å². The van der Waals surface area contributed by atoms with Crippen LogP contribution in [-0.4, -0.2) is 24.9 Å². The van der Waals surface area contributed by atoms with E-state index in [0.29, 0.717) is 6.61 Å². The molecular weight excluding hydrogens is 247 g/mol. The van der Waals surface area contributed by atoms with Gasteiger partial charge in [-0.1, -0.05) is 0 Å². The van der Waals surface area contributed by atoms with Gasteiger partial charge in [-0.2, -0.15) is 11.3 Å². The molecule has 18 heavy (non-hydrogen) atoms. The Morgan fingerprint density at radius 2 is 1.83 bits per heavy atom. The third-order valence-electron chi connectivity index (χ3n) is 3.71. The zero-order chi connectivity index (χ0) is 13.4. The normalized spacial score (nSPS) is 21.5. The lowest BCUT2D eigenvalue weighted by atomic mass is 9.85. The minimum Gasteiger partial charge on any atom is -0.399 e. The Balaban J connectivity index is 2.17. The Labute approximate surface area is 114 Å². The van der Waals surface area contributed by atoms with Crippen molar-refractivity contribution in [3.63, 3.8) is 0 Å².